The topological polar surface area (TPSA) is 71.1 Å². The van der Waals surface area contributed by atoms with Gasteiger partial charge in [-0.1, -0.05) is 32.9 Å². The third kappa shape index (κ3) is 5.25. The lowest BCUT2D eigenvalue weighted by atomic mass is 9.92. The molecule has 0 saturated carbocycles. The molecule has 3 N–H and O–H groups in total. The molecule has 3 heterocycles. The zero-order chi connectivity index (χ0) is 23.6. The summed E-state index contributed by atoms with van der Waals surface area (Å²) in [4.78, 5) is 18.9. The first-order chi connectivity index (χ1) is 15.7. The number of dihydropyridines is 1. The fourth-order valence-corrected chi connectivity index (χ4v) is 4.56. The first kappa shape index (κ1) is 23.4. The van der Waals surface area contributed by atoms with Crippen molar-refractivity contribution in [2.24, 2.45) is 5.41 Å². The lowest BCUT2D eigenvalue weighted by Gasteiger charge is -2.43. The lowest BCUT2D eigenvalue weighted by molar-refractivity contribution is 0.0706. The Morgan fingerprint density at radius 2 is 1.85 bits per heavy atom. The summed E-state index contributed by atoms with van der Waals surface area (Å²) in [5.74, 6) is -0.499. The molecule has 33 heavy (non-hydrogen) atoms. The molecular weight excluding hydrogens is 414 g/mol. The summed E-state index contributed by atoms with van der Waals surface area (Å²) in [5.41, 5.74) is 5.81. The molecule has 3 aliphatic rings. The van der Waals surface area contributed by atoms with E-state index in [-0.39, 0.29) is 5.66 Å². The summed E-state index contributed by atoms with van der Waals surface area (Å²) in [7, 11) is 0. The standard InChI is InChI=1S/C26H37N5O2/c1-25(2,3)10-12-29-13-15-30(16-14-29)23-17-22-9-11-31(26(22,4)27-18-23)19-20-5-7-21(8-6-20)24(32)28-33/h5-9,11,17-18,27,33H,10,12-16,19H2,1-4H3,(H,28,32). The molecule has 0 aromatic heterocycles. The van der Waals surface area contributed by atoms with Gasteiger partial charge in [-0.05, 0) is 55.2 Å². The SMILES string of the molecule is CC(C)(C)CCN1CCN(C2=CNC3(C)C(=C2)C=CN3Cc2ccc(C(=O)NO)cc2)CC1. The van der Waals surface area contributed by atoms with Crippen molar-refractivity contribution in [3.05, 3.63) is 71.2 Å². The van der Waals surface area contributed by atoms with Crippen LogP contribution in [0, 0.1) is 5.41 Å². The van der Waals surface area contributed by atoms with Gasteiger partial charge in [0.25, 0.3) is 5.91 Å². The summed E-state index contributed by atoms with van der Waals surface area (Å²) < 4.78 is 0. The number of hydrogen-bond donors (Lipinski definition) is 3. The van der Waals surface area contributed by atoms with Crippen LogP contribution in [0.3, 0.4) is 0 Å². The van der Waals surface area contributed by atoms with Gasteiger partial charge in [-0.3, -0.25) is 14.9 Å². The van der Waals surface area contributed by atoms with Crippen LogP contribution >= 0.6 is 0 Å². The fraction of sp³-hybridized carbons (Fsp3) is 0.500. The number of piperazine rings is 1. The van der Waals surface area contributed by atoms with Gasteiger partial charge in [-0.15, -0.1) is 0 Å². The van der Waals surface area contributed by atoms with Gasteiger partial charge in [0.05, 0.1) is 5.70 Å². The summed E-state index contributed by atoms with van der Waals surface area (Å²) in [6.45, 7) is 15.4. The van der Waals surface area contributed by atoms with Crippen molar-refractivity contribution >= 4 is 5.91 Å². The highest BCUT2D eigenvalue weighted by molar-refractivity contribution is 5.93. The van der Waals surface area contributed by atoms with Crippen LogP contribution in [0.2, 0.25) is 0 Å². The quantitative estimate of drug-likeness (QED) is 0.456. The Bertz CT molecular complexity index is 952. The van der Waals surface area contributed by atoms with E-state index in [1.54, 1.807) is 17.6 Å². The number of nitrogens with zero attached hydrogens (tertiary/aromatic N) is 3. The summed E-state index contributed by atoms with van der Waals surface area (Å²) >= 11 is 0. The van der Waals surface area contributed by atoms with Crippen LogP contribution in [0.4, 0.5) is 0 Å². The second-order valence-electron chi connectivity index (χ2n) is 10.6. The number of amides is 1. The van der Waals surface area contributed by atoms with Crippen molar-refractivity contribution in [2.75, 3.05) is 32.7 Å². The molecule has 4 rings (SSSR count). The largest absolute Gasteiger partial charge is 0.368 e. The Balaban J connectivity index is 1.34. The van der Waals surface area contributed by atoms with Crippen LogP contribution in [0.5, 0.6) is 0 Å². The Morgan fingerprint density at radius 1 is 1.15 bits per heavy atom. The highest BCUT2D eigenvalue weighted by Gasteiger charge is 2.38. The van der Waals surface area contributed by atoms with E-state index in [9.17, 15) is 4.79 Å². The Labute approximate surface area is 197 Å². The molecule has 7 heteroatoms. The van der Waals surface area contributed by atoms with Crippen molar-refractivity contribution in [2.45, 2.75) is 46.3 Å². The molecular formula is C26H37N5O2. The monoisotopic (exact) mass is 451 g/mol. The smallest absolute Gasteiger partial charge is 0.274 e. The van der Waals surface area contributed by atoms with Crippen LogP contribution < -0.4 is 10.8 Å². The summed E-state index contributed by atoms with van der Waals surface area (Å²) in [6.07, 6.45) is 10.0. The maximum atomic E-state index is 11.5. The molecule has 7 nitrogen and oxygen atoms in total. The Morgan fingerprint density at radius 3 is 2.48 bits per heavy atom. The van der Waals surface area contributed by atoms with Gasteiger partial charge < -0.3 is 15.1 Å². The molecule has 0 bridgehead atoms. The predicted molar refractivity (Wildman–Crippen MR) is 130 cm³/mol. The molecule has 0 radical (unpaired) electrons. The number of carbonyl (C=O) groups excluding carboxylic acids is 1. The summed E-state index contributed by atoms with van der Waals surface area (Å²) in [6, 6.07) is 7.31. The second-order valence-corrected chi connectivity index (χ2v) is 10.6. The second kappa shape index (κ2) is 9.23. The van der Waals surface area contributed by atoms with Crippen molar-refractivity contribution in [3.8, 4) is 0 Å². The number of hydroxylamine groups is 1. The summed E-state index contributed by atoms with van der Waals surface area (Å²) in [5, 5.41) is 12.4. The third-order valence-electron chi connectivity index (χ3n) is 6.96. The van der Waals surface area contributed by atoms with Crippen LogP contribution in [0.25, 0.3) is 0 Å². The molecule has 3 aliphatic heterocycles. The molecule has 1 aromatic carbocycles. The van der Waals surface area contributed by atoms with Crippen molar-refractivity contribution in [1.82, 2.24) is 25.5 Å². The van der Waals surface area contributed by atoms with E-state index in [0.29, 0.717) is 17.5 Å². The first-order valence-corrected chi connectivity index (χ1v) is 11.8. The maximum absolute atomic E-state index is 11.5. The van der Waals surface area contributed by atoms with Crippen LogP contribution in [0.15, 0.2) is 60.1 Å². The number of hydrogen-bond acceptors (Lipinski definition) is 6. The number of benzene rings is 1. The molecule has 178 valence electrons. The molecule has 1 saturated heterocycles. The molecule has 1 aromatic rings. The molecule has 0 spiro atoms. The van der Waals surface area contributed by atoms with E-state index in [1.165, 1.54) is 24.2 Å². The molecule has 1 amide bonds. The molecule has 0 aliphatic carbocycles. The average molecular weight is 452 g/mol. The van der Waals surface area contributed by atoms with Crippen molar-refractivity contribution in [1.29, 1.82) is 0 Å². The van der Waals surface area contributed by atoms with Crippen molar-refractivity contribution < 1.29 is 10.0 Å². The highest BCUT2D eigenvalue weighted by atomic mass is 16.5. The minimum absolute atomic E-state index is 0.292. The lowest BCUT2D eigenvalue weighted by Crippen LogP contribution is -2.53. The third-order valence-corrected chi connectivity index (χ3v) is 6.96. The van der Waals surface area contributed by atoms with Crippen molar-refractivity contribution in [3.63, 3.8) is 0 Å². The van der Waals surface area contributed by atoms with Gasteiger partial charge in [-0.25, -0.2) is 5.48 Å². The van der Waals surface area contributed by atoms with Gasteiger partial charge in [0.15, 0.2) is 0 Å². The molecule has 1 atom stereocenters. The highest BCUT2D eigenvalue weighted by Crippen LogP contribution is 2.35. The van der Waals surface area contributed by atoms with E-state index >= 15 is 0 Å². The van der Waals surface area contributed by atoms with E-state index < -0.39 is 5.91 Å². The minimum atomic E-state index is -0.499. The van der Waals surface area contributed by atoms with E-state index in [0.717, 1.165) is 31.7 Å². The number of nitrogens with one attached hydrogen (secondary N) is 2. The van der Waals surface area contributed by atoms with E-state index in [2.05, 4.69) is 72.3 Å². The van der Waals surface area contributed by atoms with Gasteiger partial charge >= 0.3 is 0 Å². The molecule has 1 fully saturated rings. The normalized spacial score (nSPS) is 23.1. The van der Waals surface area contributed by atoms with Gasteiger partial charge in [0.1, 0.15) is 5.66 Å². The van der Waals surface area contributed by atoms with Crippen LogP contribution in [-0.4, -0.2) is 64.2 Å². The number of fused-ring (bicyclic) bond motifs is 1. The minimum Gasteiger partial charge on any atom is -0.368 e. The Hall–Kier alpha value is -2.77. The van der Waals surface area contributed by atoms with Crippen LogP contribution in [0.1, 0.15) is 50.0 Å². The number of rotatable bonds is 6. The number of allylic oxidation sites excluding steroid dienone is 1. The van der Waals surface area contributed by atoms with Gasteiger partial charge in [-0.2, -0.15) is 0 Å². The van der Waals surface area contributed by atoms with Gasteiger partial charge in [0, 0.05) is 56.3 Å². The molecule has 1 unspecified atom stereocenters. The first-order valence-electron chi connectivity index (χ1n) is 11.8. The van der Waals surface area contributed by atoms with Gasteiger partial charge in [0.2, 0.25) is 0 Å². The zero-order valence-corrected chi connectivity index (χ0v) is 20.3. The fourth-order valence-electron chi connectivity index (χ4n) is 4.56. The van der Waals surface area contributed by atoms with E-state index in [4.69, 9.17) is 5.21 Å². The Kier molecular flexibility index (Phi) is 6.54. The number of carbonyl (C=O) groups is 1. The zero-order valence-electron chi connectivity index (χ0n) is 20.3. The average Bonchev–Trinajstić information content (AvgIpc) is 3.12. The van der Waals surface area contributed by atoms with E-state index in [1.807, 2.05) is 12.1 Å². The predicted octanol–water partition coefficient (Wildman–Crippen LogP) is 3.28. The van der Waals surface area contributed by atoms with Crippen LogP contribution in [-0.2, 0) is 6.54 Å². The maximum Gasteiger partial charge on any atom is 0.274 e.